The van der Waals surface area contributed by atoms with Gasteiger partial charge in [-0.05, 0) is 23.6 Å². The Balaban J connectivity index is 2.67. The Kier molecular flexibility index (Phi) is 5.83. The summed E-state index contributed by atoms with van der Waals surface area (Å²) >= 11 is 0. The van der Waals surface area contributed by atoms with E-state index in [2.05, 4.69) is 10.6 Å². The van der Waals surface area contributed by atoms with Gasteiger partial charge in [-0.15, -0.1) is 0 Å². The molecule has 7 heteroatoms. The number of nitrogens with one attached hydrogen (secondary N) is 2. The molecule has 0 spiro atoms. The van der Waals surface area contributed by atoms with Crippen molar-refractivity contribution in [2.24, 2.45) is 5.92 Å². The molecule has 0 aliphatic carbocycles. The van der Waals surface area contributed by atoms with E-state index in [0.717, 1.165) is 0 Å². The summed E-state index contributed by atoms with van der Waals surface area (Å²) in [5.74, 6) is -1.54. The average molecular weight is 296 g/mol. The van der Waals surface area contributed by atoms with Crippen LogP contribution in [0.4, 0.5) is 4.79 Å². The van der Waals surface area contributed by atoms with Crippen molar-refractivity contribution >= 4 is 12.0 Å². The smallest absolute Gasteiger partial charge is 0.326 e. The Labute approximate surface area is 122 Å². The molecule has 0 saturated carbocycles. The van der Waals surface area contributed by atoms with Gasteiger partial charge in [-0.3, -0.25) is 0 Å². The van der Waals surface area contributed by atoms with Gasteiger partial charge in [0, 0.05) is 13.0 Å². The molecule has 21 heavy (non-hydrogen) atoms. The fraction of sp³-hybridized carbons (Fsp3) is 0.429. The highest BCUT2D eigenvalue weighted by Crippen LogP contribution is 2.25. The third-order valence-corrected chi connectivity index (χ3v) is 2.75. The van der Waals surface area contributed by atoms with Crippen LogP contribution in [-0.4, -0.2) is 39.9 Å². The first-order valence-corrected chi connectivity index (χ1v) is 6.57. The first kappa shape index (κ1) is 16.6. The van der Waals surface area contributed by atoms with E-state index in [1.807, 2.05) is 13.8 Å². The minimum atomic E-state index is -1.18. The number of phenols is 2. The van der Waals surface area contributed by atoms with Crippen LogP contribution >= 0.6 is 0 Å². The number of rotatable bonds is 6. The Bertz CT molecular complexity index is 516. The van der Waals surface area contributed by atoms with Gasteiger partial charge in [0.2, 0.25) is 0 Å². The van der Waals surface area contributed by atoms with Gasteiger partial charge in [0.15, 0.2) is 11.5 Å². The molecule has 0 bridgehead atoms. The number of hydrogen-bond acceptors (Lipinski definition) is 4. The van der Waals surface area contributed by atoms with Crippen molar-refractivity contribution < 1.29 is 24.9 Å². The predicted octanol–water partition coefficient (Wildman–Crippen LogP) is 1.05. The van der Waals surface area contributed by atoms with E-state index in [-0.39, 0.29) is 23.8 Å². The van der Waals surface area contributed by atoms with Crippen LogP contribution in [0, 0.1) is 5.92 Å². The second kappa shape index (κ2) is 7.37. The van der Waals surface area contributed by atoms with Gasteiger partial charge in [-0.25, -0.2) is 9.59 Å². The van der Waals surface area contributed by atoms with Crippen molar-refractivity contribution in [3.8, 4) is 11.5 Å². The van der Waals surface area contributed by atoms with E-state index in [1.165, 1.54) is 18.2 Å². The molecule has 1 unspecified atom stereocenters. The quantitative estimate of drug-likeness (QED) is 0.503. The van der Waals surface area contributed by atoms with Crippen LogP contribution < -0.4 is 10.6 Å². The van der Waals surface area contributed by atoms with Gasteiger partial charge in [0.1, 0.15) is 6.04 Å². The lowest BCUT2D eigenvalue weighted by molar-refractivity contribution is -0.139. The number of aliphatic carboxylic acids is 1. The highest BCUT2D eigenvalue weighted by atomic mass is 16.4. The van der Waals surface area contributed by atoms with Crippen molar-refractivity contribution in [2.45, 2.75) is 26.3 Å². The fourth-order valence-electron chi connectivity index (χ4n) is 1.64. The lowest BCUT2D eigenvalue weighted by Gasteiger charge is -2.16. The number of aromatic hydroxyl groups is 2. The van der Waals surface area contributed by atoms with Crippen molar-refractivity contribution in [3.63, 3.8) is 0 Å². The summed E-state index contributed by atoms with van der Waals surface area (Å²) in [6, 6.07) is 2.33. The predicted molar refractivity (Wildman–Crippen MR) is 76.3 cm³/mol. The molecule has 1 rings (SSSR count). The highest BCUT2D eigenvalue weighted by Gasteiger charge is 2.20. The molecule has 0 heterocycles. The first-order valence-electron chi connectivity index (χ1n) is 6.57. The standard InChI is InChI=1S/C14H20N2O5/c1-8(2)7-15-14(21)16-10(13(19)20)5-9-3-4-11(17)12(18)6-9/h3-4,6,8,10,17-18H,5,7H2,1-2H3,(H,19,20)(H2,15,16,21). The second-order valence-corrected chi connectivity index (χ2v) is 5.17. The molecule has 0 saturated heterocycles. The van der Waals surface area contributed by atoms with E-state index in [0.29, 0.717) is 12.1 Å². The number of carbonyl (C=O) groups excluding carboxylic acids is 1. The molecule has 7 nitrogen and oxygen atoms in total. The first-order chi connectivity index (χ1) is 9.79. The van der Waals surface area contributed by atoms with Crippen LogP contribution in [0.3, 0.4) is 0 Å². The molecule has 0 aromatic heterocycles. The molecular weight excluding hydrogens is 276 g/mol. The summed E-state index contributed by atoms with van der Waals surface area (Å²) in [4.78, 5) is 22.8. The highest BCUT2D eigenvalue weighted by molar-refractivity contribution is 5.82. The molecule has 0 aliphatic rings. The zero-order valence-corrected chi connectivity index (χ0v) is 12.0. The topological polar surface area (TPSA) is 119 Å². The summed E-state index contributed by atoms with van der Waals surface area (Å²) in [7, 11) is 0. The molecule has 0 radical (unpaired) electrons. The van der Waals surface area contributed by atoms with Crippen LogP contribution in [0.1, 0.15) is 19.4 Å². The number of hydrogen-bond donors (Lipinski definition) is 5. The molecule has 1 aromatic rings. The Hall–Kier alpha value is -2.44. The largest absolute Gasteiger partial charge is 0.504 e. The maximum absolute atomic E-state index is 11.6. The lowest BCUT2D eigenvalue weighted by atomic mass is 10.1. The molecule has 0 fully saturated rings. The summed E-state index contributed by atoms with van der Waals surface area (Å²) in [5, 5.41) is 32.7. The minimum absolute atomic E-state index is 0.00171. The number of carbonyl (C=O) groups is 2. The van der Waals surface area contributed by atoms with Crippen LogP contribution in [-0.2, 0) is 11.2 Å². The number of carboxylic acids is 1. The van der Waals surface area contributed by atoms with E-state index in [9.17, 15) is 19.8 Å². The zero-order chi connectivity index (χ0) is 16.0. The number of carboxylic acid groups (broad SMARTS) is 1. The Morgan fingerprint density at radius 3 is 2.38 bits per heavy atom. The lowest BCUT2D eigenvalue weighted by Crippen LogP contribution is -2.47. The maximum Gasteiger partial charge on any atom is 0.326 e. The molecule has 2 amide bonds. The monoisotopic (exact) mass is 296 g/mol. The molecular formula is C14H20N2O5. The van der Waals surface area contributed by atoms with Crippen molar-refractivity contribution in [3.05, 3.63) is 23.8 Å². The van der Waals surface area contributed by atoms with Gasteiger partial charge in [0.25, 0.3) is 0 Å². The van der Waals surface area contributed by atoms with Gasteiger partial charge < -0.3 is 26.0 Å². The van der Waals surface area contributed by atoms with Crippen molar-refractivity contribution in [1.82, 2.24) is 10.6 Å². The summed E-state index contributed by atoms with van der Waals surface area (Å²) in [5.41, 5.74) is 0.488. The number of benzene rings is 1. The van der Waals surface area contributed by atoms with Crippen molar-refractivity contribution in [1.29, 1.82) is 0 Å². The van der Waals surface area contributed by atoms with E-state index < -0.39 is 18.0 Å². The van der Waals surface area contributed by atoms with E-state index >= 15 is 0 Å². The Morgan fingerprint density at radius 1 is 1.19 bits per heavy atom. The molecule has 1 aromatic carbocycles. The van der Waals surface area contributed by atoms with Crippen LogP contribution in [0.5, 0.6) is 11.5 Å². The zero-order valence-electron chi connectivity index (χ0n) is 12.0. The van der Waals surface area contributed by atoms with Crippen molar-refractivity contribution in [2.75, 3.05) is 6.54 Å². The summed E-state index contributed by atoms with van der Waals surface area (Å²) in [6.45, 7) is 4.29. The maximum atomic E-state index is 11.6. The normalized spacial score (nSPS) is 12.0. The number of phenolic OH excluding ortho intramolecular Hbond substituents is 2. The fourth-order valence-corrected chi connectivity index (χ4v) is 1.64. The SMILES string of the molecule is CC(C)CNC(=O)NC(Cc1ccc(O)c(O)c1)C(=O)O. The third kappa shape index (κ3) is 5.60. The number of urea groups is 1. The average Bonchev–Trinajstić information content (AvgIpc) is 2.39. The third-order valence-electron chi connectivity index (χ3n) is 2.75. The van der Waals surface area contributed by atoms with Gasteiger partial charge in [-0.1, -0.05) is 19.9 Å². The van der Waals surface area contributed by atoms with Crippen LogP contribution in [0.2, 0.25) is 0 Å². The molecule has 116 valence electrons. The molecule has 1 atom stereocenters. The van der Waals surface area contributed by atoms with E-state index in [1.54, 1.807) is 0 Å². The van der Waals surface area contributed by atoms with Crippen LogP contribution in [0.25, 0.3) is 0 Å². The summed E-state index contributed by atoms with van der Waals surface area (Å²) < 4.78 is 0. The van der Waals surface area contributed by atoms with Gasteiger partial charge in [-0.2, -0.15) is 0 Å². The van der Waals surface area contributed by atoms with Gasteiger partial charge in [0.05, 0.1) is 0 Å². The Morgan fingerprint density at radius 2 is 1.86 bits per heavy atom. The molecule has 5 N–H and O–H groups in total. The van der Waals surface area contributed by atoms with E-state index in [4.69, 9.17) is 5.11 Å². The minimum Gasteiger partial charge on any atom is -0.504 e. The van der Waals surface area contributed by atoms with Gasteiger partial charge >= 0.3 is 12.0 Å². The van der Waals surface area contributed by atoms with Crippen LogP contribution in [0.15, 0.2) is 18.2 Å². The second-order valence-electron chi connectivity index (χ2n) is 5.17. The number of amides is 2. The summed E-state index contributed by atoms with van der Waals surface area (Å²) in [6.07, 6.45) is -0.00171. The molecule has 0 aliphatic heterocycles.